The standard InChI is InChI=1S/C12H14FNO2/c1-9-7-10(3-4-11(9)13)12(8-14)16-6-2-5-15/h3-4,7,12,15H,2,5-6H2,1H3. The molecule has 1 rings (SSSR count). The summed E-state index contributed by atoms with van der Waals surface area (Å²) in [5.41, 5.74) is 1.13. The van der Waals surface area contributed by atoms with E-state index < -0.39 is 6.10 Å². The predicted molar refractivity (Wildman–Crippen MR) is 57.1 cm³/mol. The van der Waals surface area contributed by atoms with Gasteiger partial charge in [-0.15, -0.1) is 0 Å². The van der Waals surface area contributed by atoms with Gasteiger partial charge in [0.2, 0.25) is 0 Å². The van der Waals surface area contributed by atoms with Crippen LogP contribution in [-0.4, -0.2) is 18.3 Å². The molecule has 1 N–H and O–H groups in total. The summed E-state index contributed by atoms with van der Waals surface area (Å²) in [6.07, 6.45) is -0.218. The first-order valence-electron chi connectivity index (χ1n) is 5.07. The van der Waals surface area contributed by atoms with E-state index in [-0.39, 0.29) is 12.4 Å². The number of hydrogen-bond donors (Lipinski definition) is 1. The van der Waals surface area contributed by atoms with Crippen LogP contribution in [0.2, 0.25) is 0 Å². The molecule has 0 aromatic heterocycles. The maximum atomic E-state index is 13.0. The zero-order valence-electron chi connectivity index (χ0n) is 9.11. The molecule has 0 saturated carbocycles. The van der Waals surface area contributed by atoms with Gasteiger partial charge in [0.05, 0.1) is 12.7 Å². The van der Waals surface area contributed by atoms with E-state index in [0.29, 0.717) is 24.2 Å². The van der Waals surface area contributed by atoms with Gasteiger partial charge in [-0.25, -0.2) is 4.39 Å². The fourth-order valence-electron chi connectivity index (χ4n) is 1.30. The van der Waals surface area contributed by atoms with Crippen LogP contribution in [0.5, 0.6) is 0 Å². The number of aliphatic hydroxyl groups is 1. The second-order valence-electron chi connectivity index (χ2n) is 3.47. The lowest BCUT2D eigenvalue weighted by Gasteiger charge is -2.11. The number of nitriles is 1. The molecule has 86 valence electrons. The summed E-state index contributed by atoms with van der Waals surface area (Å²) < 4.78 is 18.3. The fraction of sp³-hybridized carbons (Fsp3) is 0.417. The minimum Gasteiger partial charge on any atom is -0.396 e. The zero-order valence-corrected chi connectivity index (χ0v) is 9.11. The average Bonchev–Trinajstić information content (AvgIpc) is 2.29. The summed E-state index contributed by atoms with van der Waals surface area (Å²) in [7, 11) is 0. The van der Waals surface area contributed by atoms with Gasteiger partial charge in [-0.2, -0.15) is 5.26 Å². The maximum absolute atomic E-state index is 13.0. The van der Waals surface area contributed by atoms with Crippen LogP contribution in [0, 0.1) is 24.1 Å². The molecule has 1 unspecified atom stereocenters. The summed E-state index contributed by atoms with van der Waals surface area (Å²) in [6.45, 7) is 1.98. The van der Waals surface area contributed by atoms with E-state index in [1.165, 1.54) is 12.1 Å². The lowest BCUT2D eigenvalue weighted by atomic mass is 10.1. The number of aliphatic hydroxyl groups excluding tert-OH is 1. The second kappa shape index (κ2) is 6.21. The van der Waals surface area contributed by atoms with E-state index in [0.717, 1.165) is 0 Å². The van der Waals surface area contributed by atoms with Crippen LogP contribution in [0.4, 0.5) is 4.39 Å². The van der Waals surface area contributed by atoms with E-state index in [2.05, 4.69) is 0 Å². The Morgan fingerprint density at radius 1 is 1.56 bits per heavy atom. The molecular weight excluding hydrogens is 209 g/mol. The number of rotatable bonds is 5. The first kappa shape index (κ1) is 12.6. The monoisotopic (exact) mass is 223 g/mol. The SMILES string of the molecule is Cc1cc(C(C#N)OCCCO)ccc1F. The van der Waals surface area contributed by atoms with Crippen LogP contribution in [0.1, 0.15) is 23.7 Å². The van der Waals surface area contributed by atoms with Crippen molar-refractivity contribution < 1.29 is 14.2 Å². The van der Waals surface area contributed by atoms with Crippen LogP contribution in [0.15, 0.2) is 18.2 Å². The van der Waals surface area contributed by atoms with Crippen molar-refractivity contribution >= 4 is 0 Å². The molecule has 0 radical (unpaired) electrons. The Hall–Kier alpha value is -1.44. The van der Waals surface area contributed by atoms with Crippen molar-refractivity contribution in [2.24, 2.45) is 0 Å². The molecule has 1 aromatic carbocycles. The molecule has 0 spiro atoms. The van der Waals surface area contributed by atoms with E-state index in [1.807, 2.05) is 6.07 Å². The summed E-state index contributed by atoms with van der Waals surface area (Å²) in [5, 5.41) is 17.5. The van der Waals surface area contributed by atoms with Gasteiger partial charge in [-0.1, -0.05) is 6.07 Å². The summed E-state index contributed by atoms with van der Waals surface area (Å²) in [4.78, 5) is 0. The largest absolute Gasteiger partial charge is 0.396 e. The van der Waals surface area contributed by atoms with Crippen molar-refractivity contribution in [1.82, 2.24) is 0 Å². The van der Waals surface area contributed by atoms with Crippen molar-refractivity contribution in [3.05, 3.63) is 35.1 Å². The first-order valence-corrected chi connectivity index (χ1v) is 5.07. The maximum Gasteiger partial charge on any atom is 0.169 e. The van der Waals surface area contributed by atoms with Crippen LogP contribution in [-0.2, 0) is 4.74 Å². The van der Waals surface area contributed by atoms with Gasteiger partial charge in [0.1, 0.15) is 5.82 Å². The Kier molecular flexibility index (Phi) is 4.90. The number of aryl methyl sites for hydroxylation is 1. The highest BCUT2D eigenvalue weighted by Crippen LogP contribution is 2.19. The zero-order chi connectivity index (χ0) is 12.0. The molecule has 0 amide bonds. The number of nitrogens with zero attached hydrogens (tertiary/aromatic N) is 1. The third-order valence-electron chi connectivity index (χ3n) is 2.19. The number of benzene rings is 1. The van der Waals surface area contributed by atoms with Crippen molar-refractivity contribution in [3.8, 4) is 6.07 Å². The van der Waals surface area contributed by atoms with E-state index in [4.69, 9.17) is 15.1 Å². The Morgan fingerprint density at radius 2 is 2.31 bits per heavy atom. The predicted octanol–water partition coefficient (Wildman–Crippen LogP) is 2.10. The Balaban J connectivity index is 2.72. The van der Waals surface area contributed by atoms with Crippen molar-refractivity contribution in [1.29, 1.82) is 5.26 Å². The Labute approximate surface area is 94.1 Å². The van der Waals surface area contributed by atoms with Gasteiger partial charge in [-0.3, -0.25) is 0 Å². The summed E-state index contributed by atoms with van der Waals surface area (Å²) in [6, 6.07) is 6.46. The van der Waals surface area contributed by atoms with Gasteiger partial charge in [0.25, 0.3) is 0 Å². The van der Waals surface area contributed by atoms with Crippen LogP contribution < -0.4 is 0 Å². The highest BCUT2D eigenvalue weighted by Gasteiger charge is 2.11. The topological polar surface area (TPSA) is 53.2 Å². The summed E-state index contributed by atoms with van der Waals surface area (Å²) >= 11 is 0. The normalized spacial score (nSPS) is 12.1. The minimum atomic E-state index is -0.703. The third-order valence-corrected chi connectivity index (χ3v) is 2.19. The minimum absolute atomic E-state index is 0.0284. The smallest absolute Gasteiger partial charge is 0.169 e. The van der Waals surface area contributed by atoms with Crippen LogP contribution in [0.3, 0.4) is 0 Å². The number of halogens is 1. The third kappa shape index (κ3) is 3.30. The molecular formula is C12H14FNO2. The molecule has 0 aliphatic rings. The lowest BCUT2D eigenvalue weighted by Crippen LogP contribution is -2.05. The van der Waals surface area contributed by atoms with Crippen molar-refractivity contribution in [2.45, 2.75) is 19.4 Å². The highest BCUT2D eigenvalue weighted by molar-refractivity contribution is 5.28. The molecule has 0 fully saturated rings. The second-order valence-corrected chi connectivity index (χ2v) is 3.47. The fourth-order valence-corrected chi connectivity index (χ4v) is 1.30. The molecule has 0 saturated heterocycles. The van der Waals surface area contributed by atoms with Gasteiger partial charge < -0.3 is 9.84 Å². The molecule has 0 bridgehead atoms. The van der Waals surface area contributed by atoms with Crippen LogP contribution in [0.25, 0.3) is 0 Å². The Morgan fingerprint density at radius 3 is 2.88 bits per heavy atom. The summed E-state index contributed by atoms with van der Waals surface area (Å²) in [5.74, 6) is -0.296. The Bertz CT molecular complexity index is 387. The molecule has 16 heavy (non-hydrogen) atoms. The van der Waals surface area contributed by atoms with E-state index >= 15 is 0 Å². The molecule has 4 heteroatoms. The van der Waals surface area contributed by atoms with Gasteiger partial charge in [0.15, 0.2) is 6.10 Å². The van der Waals surface area contributed by atoms with E-state index in [9.17, 15) is 4.39 Å². The van der Waals surface area contributed by atoms with Gasteiger partial charge in [0, 0.05) is 6.61 Å². The number of hydrogen-bond acceptors (Lipinski definition) is 3. The molecule has 0 aliphatic heterocycles. The molecule has 0 heterocycles. The quantitative estimate of drug-likeness (QED) is 0.778. The van der Waals surface area contributed by atoms with Crippen molar-refractivity contribution in [3.63, 3.8) is 0 Å². The first-order chi connectivity index (χ1) is 7.69. The number of ether oxygens (including phenoxy) is 1. The molecule has 1 atom stereocenters. The molecule has 1 aromatic rings. The molecule has 3 nitrogen and oxygen atoms in total. The molecule has 0 aliphatic carbocycles. The van der Waals surface area contributed by atoms with Crippen molar-refractivity contribution in [2.75, 3.05) is 13.2 Å². The highest BCUT2D eigenvalue weighted by atomic mass is 19.1. The van der Waals surface area contributed by atoms with Gasteiger partial charge >= 0.3 is 0 Å². The lowest BCUT2D eigenvalue weighted by molar-refractivity contribution is 0.0773. The van der Waals surface area contributed by atoms with Gasteiger partial charge in [-0.05, 0) is 36.6 Å². The average molecular weight is 223 g/mol. The van der Waals surface area contributed by atoms with E-state index in [1.54, 1.807) is 13.0 Å². The van der Waals surface area contributed by atoms with Crippen LogP contribution >= 0.6 is 0 Å².